The molecule has 0 N–H and O–H groups in total. The smallest absolute Gasteiger partial charge is 0.237 e. The number of carbonyl (C=O) groups is 1. The molecule has 1 aromatic carbocycles. The molecule has 0 spiro atoms. The molecule has 5 heteroatoms. The molecule has 4 rings (SSSR count). The Bertz CT molecular complexity index is 780. The van der Waals surface area contributed by atoms with Crippen molar-refractivity contribution in [2.45, 2.75) is 57.8 Å². The predicted molar refractivity (Wildman–Crippen MR) is 96.8 cm³/mol. The summed E-state index contributed by atoms with van der Waals surface area (Å²) < 4.78 is 19.7. The molecule has 2 aliphatic carbocycles. The molecule has 0 unspecified atom stereocenters. The van der Waals surface area contributed by atoms with Crippen LogP contribution < -0.4 is 0 Å². The molecule has 1 amide bonds. The maximum atomic E-state index is 14.0. The zero-order valence-corrected chi connectivity index (χ0v) is 15.2. The normalized spacial score (nSPS) is 16.9. The van der Waals surface area contributed by atoms with Gasteiger partial charge >= 0.3 is 0 Å². The lowest BCUT2D eigenvalue weighted by Crippen LogP contribution is -2.41. The van der Waals surface area contributed by atoms with Crippen LogP contribution in [0, 0.1) is 12.7 Å². The van der Waals surface area contributed by atoms with E-state index in [4.69, 9.17) is 4.42 Å². The first-order valence-corrected chi connectivity index (χ1v) is 9.42. The van der Waals surface area contributed by atoms with Gasteiger partial charge in [0.1, 0.15) is 17.3 Å². The van der Waals surface area contributed by atoms with Crippen molar-refractivity contribution >= 4 is 5.91 Å². The topological polar surface area (TPSA) is 36.7 Å². The van der Waals surface area contributed by atoms with Crippen LogP contribution in [0.5, 0.6) is 0 Å². The Hall–Kier alpha value is -2.14. The first-order valence-electron chi connectivity index (χ1n) is 9.42. The highest BCUT2D eigenvalue weighted by atomic mass is 19.1. The van der Waals surface area contributed by atoms with Gasteiger partial charge in [0.2, 0.25) is 5.91 Å². The molecule has 0 saturated heterocycles. The summed E-state index contributed by atoms with van der Waals surface area (Å²) in [5.74, 6) is 1.61. The van der Waals surface area contributed by atoms with Crippen LogP contribution in [0.15, 0.2) is 40.8 Å². The Morgan fingerprint density at radius 1 is 1.08 bits per heavy atom. The minimum absolute atomic E-state index is 0.116. The summed E-state index contributed by atoms with van der Waals surface area (Å²) in [5.41, 5.74) is 0.659. The van der Waals surface area contributed by atoms with Gasteiger partial charge in [0.15, 0.2) is 0 Å². The molecular formula is C21H25FN2O2. The summed E-state index contributed by atoms with van der Waals surface area (Å²) in [5, 5.41) is 0. The maximum absolute atomic E-state index is 14.0. The Balaban J connectivity index is 1.44. The van der Waals surface area contributed by atoms with Gasteiger partial charge in [-0.25, -0.2) is 4.39 Å². The van der Waals surface area contributed by atoms with Crippen LogP contribution in [-0.2, 0) is 17.9 Å². The number of furan rings is 1. The molecule has 0 atom stereocenters. The van der Waals surface area contributed by atoms with Gasteiger partial charge < -0.3 is 9.32 Å². The number of hydrogen-bond donors (Lipinski definition) is 0. The van der Waals surface area contributed by atoms with Gasteiger partial charge in [-0.05, 0) is 50.8 Å². The van der Waals surface area contributed by atoms with Crippen molar-refractivity contribution in [2.24, 2.45) is 0 Å². The second kappa shape index (κ2) is 7.23. The highest BCUT2D eigenvalue weighted by Crippen LogP contribution is 2.31. The number of carbonyl (C=O) groups excluding carboxylic acids is 1. The third kappa shape index (κ3) is 4.15. The molecule has 2 aromatic rings. The third-order valence-corrected chi connectivity index (χ3v) is 5.16. The minimum atomic E-state index is -0.198. The van der Waals surface area contributed by atoms with Gasteiger partial charge in [-0.2, -0.15) is 0 Å². The van der Waals surface area contributed by atoms with Gasteiger partial charge in [-0.15, -0.1) is 0 Å². The fourth-order valence-electron chi connectivity index (χ4n) is 3.41. The van der Waals surface area contributed by atoms with Crippen LogP contribution in [-0.4, -0.2) is 34.3 Å². The second-order valence-electron chi connectivity index (χ2n) is 7.49. The van der Waals surface area contributed by atoms with Crippen LogP contribution in [0.3, 0.4) is 0 Å². The van der Waals surface area contributed by atoms with E-state index in [-0.39, 0.29) is 11.7 Å². The van der Waals surface area contributed by atoms with Gasteiger partial charge in [0, 0.05) is 24.2 Å². The number of nitrogens with zero attached hydrogens (tertiary/aromatic N) is 2. The summed E-state index contributed by atoms with van der Waals surface area (Å²) in [6.07, 6.45) is 4.29. The third-order valence-electron chi connectivity index (χ3n) is 5.16. The standard InChI is InChI=1S/C21H25FN2O2/c1-15-6-11-19(26-15)13-24(18-9-10-18)21(25)14-23(17-7-8-17)12-16-4-2-3-5-20(16)22/h2-6,11,17-18H,7-10,12-14H2,1H3. The lowest BCUT2D eigenvalue weighted by Gasteiger charge is -2.27. The molecular weight excluding hydrogens is 331 g/mol. The fraction of sp³-hybridized carbons (Fsp3) is 0.476. The lowest BCUT2D eigenvalue weighted by molar-refractivity contribution is -0.134. The number of halogens is 1. The zero-order chi connectivity index (χ0) is 18.1. The van der Waals surface area contributed by atoms with Crippen molar-refractivity contribution in [1.82, 2.24) is 9.80 Å². The number of aryl methyl sites for hydroxylation is 1. The Morgan fingerprint density at radius 3 is 2.42 bits per heavy atom. The number of amides is 1. The van der Waals surface area contributed by atoms with Gasteiger partial charge in [0.05, 0.1) is 13.1 Å². The number of hydrogen-bond acceptors (Lipinski definition) is 3. The van der Waals surface area contributed by atoms with E-state index >= 15 is 0 Å². The molecule has 2 aliphatic rings. The van der Waals surface area contributed by atoms with Gasteiger partial charge in [0.25, 0.3) is 0 Å². The molecule has 1 heterocycles. The van der Waals surface area contributed by atoms with Crippen LogP contribution in [0.1, 0.15) is 42.8 Å². The van der Waals surface area contributed by atoms with Crippen LogP contribution >= 0.6 is 0 Å². The quantitative estimate of drug-likeness (QED) is 0.720. The molecule has 2 saturated carbocycles. The van der Waals surface area contributed by atoms with Crippen molar-refractivity contribution in [3.05, 3.63) is 59.3 Å². The summed E-state index contributed by atoms with van der Waals surface area (Å²) in [6, 6.07) is 11.4. The first-order chi connectivity index (χ1) is 12.6. The first kappa shape index (κ1) is 17.3. The molecule has 4 nitrogen and oxygen atoms in total. The van der Waals surface area contributed by atoms with Crippen molar-refractivity contribution < 1.29 is 13.6 Å². The van der Waals surface area contributed by atoms with Crippen molar-refractivity contribution in [1.29, 1.82) is 0 Å². The molecule has 26 heavy (non-hydrogen) atoms. The molecule has 0 radical (unpaired) electrons. The van der Waals surface area contributed by atoms with Crippen LogP contribution in [0.4, 0.5) is 4.39 Å². The summed E-state index contributed by atoms with van der Waals surface area (Å²) in [6.45, 7) is 3.27. The van der Waals surface area contributed by atoms with Crippen molar-refractivity contribution in [2.75, 3.05) is 6.54 Å². The van der Waals surface area contributed by atoms with E-state index in [1.165, 1.54) is 6.07 Å². The van der Waals surface area contributed by atoms with Gasteiger partial charge in [-0.3, -0.25) is 9.69 Å². The maximum Gasteiger partial charge on any atom is 0.237 e. The SMILES string of the molecule is Cc1ccc(CN(C(=O)CN(Cc2ccccc2F)C2CC2)C2CC2)o1. The van der Waals surface area contributed by atoms with E-state index in [1.54, 1.807) is 12.1 Å². The van der Waals surface area contributed by atoms with Crippen LogP contribution in [0.25, 0.3) is 0 Å². The van der Waals surface area contributed by atoms with Crippen LogP contribution in [0.2, 0.25) is 0 Å². The Morgan fingerprint density at radius 2 is 1.81 bits per heavy atom. The molecule has 0 bridgehead atoms. The molecule has 0 aliphatic heterocycles. The summed E-state index contributed by atoms with van der Waals surface area (Å²) in [4.78, 5) is 17.1. The van der Waals surface area contributed by atoms with E-state index in [1.807, 2.05) is 30.0 Å². The zero-order valence-electron chi connectivity index (χ0n) is 15.2. The van der Waals surface area contributed by atoms with E-state index in [9.17, 15) is 9.18 Å². The average molecular weight is 356 g/mol. The number of benzene rings is 1. The lowest BCUT2D eigenvalue weighted by atomic mass is 10.2. The second-order valence-corrected chi connectivity index (χ2v) is 7.49. The van der Waals surface area contributed by atoms with Crippen molar-refractivity contribution in [3.63, 3.8) is 0 Å². The van der Waals surface area contributed by atoms with E-state index < -0.39 is 0 Å². The summed E-state index contributed by atoms with van der Waals surface area (Å²) in [7, 11) is 0. The monoisotopic (exact) mass is 356 g/mol. The highest BCUT2D eigenvalue weighted by Gasteiger charge is 2.36. The Kier molecular flexibility index (Phi) is 4.81. The van der Waals surface area contributed by atoms with Gasteiger partial charge in [-0.1, -0.05) is 18.2 Å². The highest BCUT2D eigenvalue weighted by molar-refractivity contribution is 5.79. The van der Waals surface area contributed by atoms with E-state index in [0.717, 1.165) is 37.2 Å². The van der Waals surface area contributed by atoms with E-state index in [0.29, 0.717) is 37.3 Å². The minimum Gasteiger partial charge on any atom is -0.464 e. The Labute approximate surface area is 153 Å². The molecule has 138 valence electrons. The largest absolute Gasteiger partial charge is 0.464 e. The molecule has 1 aromatic heterocycles. The average Bonchev–Trinajstić information content (AvgIpc) is 3.52. The van der Waals surface area contributed by atoms with Crippen molar-refractivity contribution in [3.8, 4) is 0 Å². The number of rotatable bonds is 8. The fourth-order valence-corrected chi connectivity index (χ4v) is 3.41. The summed E-state index contributed by atoms with van der Waals surface area (Å²) >= 11 is 0. The van der Waals surface area contributed by atoms with E-state index in [2.05, 4.69) is 4.90 Å². The predicted octanol–water partition coefficient (Wildman–Crippen LogP) is 3.88. The molecule has 2 fully saturated rings.